The van der Waals surface area contributed by atoms with Gasteiger partial charge in [0.25, 0.3) is 0 Å². The standard InChI is InChI=1S/C25H33N3O7/c1-24(2,3)35-23(32)21-14(9-10-18(30)33-7)15(11-19(31)34-8)20(28-21)16(13-26-6)22-25(4,5)12-17(29)27-22/h28H,9-13H2,1-5,7-8H3,(H,27,29)/b22-16-. The fraction of sp³-hybridized carbons (Fsp3) is 0.560. The van der Waals surface area contributed by atoms with Crippen molar-refractivity contribution >= 4 is 29.4 Å². The zero-order valence-corrected chi connectivity index (χ0v) is 21.3. The van der Waals surface area contributed by atoms with Crippen molar-refractivity contribution < 1.29 is 33.4 Å². The largest absolute Gasteiger partial charge is 0.469 e. The fourth-order valence-corrected chi connectivity index (χ4v) is 4.04. The van der Waals surface area contributed by atoms with Crippen molar-refractivity contribution in [1.29, 1.82) is 0 Å². The summed E-state index contributed by atoms with van der Waals surface area (Å²) in [4.78, 5) is 56.3. The Bertz CT molecular complexity index is 1100. The monoisotopic (exact) mass is 487 g/mol. The van der Waals surface area contributed by atoms with Crippen LogP contribution in [0, 0.1) is 12.0 Å². The van der Waals surface area contributed by atoms with E-state index in [4.69, 9.17) is 20.8 Å². The Hall–Kier alpha value is -3.61. The molecule has 2 heterocycles. The molecule has 0 bridgehead atoms. The number of hydrogen-bond acceptors (Lipinski definition) is 7. The molecule has 1 aliphatic rings. The lowest BCUT2D eigenvalue weighted by Gasteiger charge is -2.20. The molecular weight excluding hydrogens is 454 g/mol. The van der Waals surface area contributed by atoms with Crippen LogP contribution in [0.25, 0.3) is 10.4 Å². The Kier molecular flexibility index (Phi) is 8.50. The molecule has 2 N–H and O–H groups in total. The number of aromatic amines is 1. The number of nitrogens with zero attached hydrogens (tertiary/aromatic N) is 1. The summed E-state index contributed by atoms with van der Waals surface area (Å²) in [6.07, 6.45) is 0.0466. The van der Waals surface area contributed by atoms with E-state index in [-0.39, 0.29) is 43.8 Å². The first kappa shape index (κ1) is 27.6. The lowest BCUT2D eigenvalue weighted by atomic mass is 9.85. The molecule has 0 radical (unpaired) electrons. The topological polar surface area (TPSA) is 128 Å². The zero-order valence-electron chi connectivity index (χ0n) is 21.3. The van der Waals surface area contributed by atoms with Crippen LogP contribution in [0.15, 0.2) is 5.70 Å². The van der Waals surface area contributed by atoms with Gasteiger partial charge < -0.3 is 29.4 Å². The molecule has 0 atom stereocenters. The van der Waals surface area contributed by atoms with Crippen LogP contribution in [0.3, 0.4) is 0 Å². The number of carbonyl (C=O) groups excluding carboxylic acids is 4. The highest BCUT2D eigenvalue weighted by molar-refractivity contribution is 5.94. The van der Waals surface area contributed by atoms with Gasteiger partial charge in [-0.15, -0.1) is 0 Å². The minimum atomic E-state index is -0.802. The minimum Gasteiger partial charge on any atom is -0.469 e. The summed E-state index contributed by atoms with van der Waals surface area (Å²) in [5.41, 5.74) is 0.845. The number of carbonyl (C=O) groups is 4. The maximum Gasteiger partial charge on any atom is 0.355 e. The molecule has 35 heavy (non-hydrogen) atoms. The number of nitrogens with one attached hydrogen (secondary N) is 2. The van der Waals surface area contributed by atoms with Gasteiger partial charge in [-0.2, -0.15) is 0 Å². The number of allylic oxidation sites excluding steroid dienone is 1. The van der Waals surface area contributed by atoms with Crippen LogP contribution in [0.5, 0.6) is 0 Å². The Morgan fingerprint density at radius 3 is 2.17 bits per heavy atom. The first-order valence-corrected chi connectivity index (χ1v) is 11.2. The molecular formula is C25H33N3O7. The summed E-state index contributed by atoms with van der Waals surface area (Å²) in [6, 6.07) is 0. The van der Waals surface area contributed by atoms with Crippen molar-refractivity contribution in [2.75, 3.05) is 20.8 Å². The highest BCUT2D eigenvalue weighted by Gasteiger charge is 2.39. The third-order valence-corrected chi connectivity index (χ3v) is 5.56. The fourth-order valence-electron chi connectivity index (χ4n) is 4.04. The van der Waals surface area contributed by atoms with Gasteiger partial charge in [-0.25, -0.2) is 11.4 Å². The number of esters is 3. The lowest BCUT2D eigenvalue weighted by molar-refractivity contribution is -0.141. The summed E-state index contributed by atoms with van der Waals surface area (Å²) < 4.78 is 15.2. The van der Waals surface area contributed by atoms with Gasteiger partial charge in [0.05, 0.1) is 31.9 Å². The van der Waals surface area contributed by atoms with Crippen LogP contribution in [0.4, 0.5) is 0 Å². The predicted octanol–water partition coefficient (Wildman–Crippen LogP) is 2.97. The van der Waals surface area contributed by atoms with E-state index >= 15 is 0 Å². The van der Waals surface area contributed by atoms with E-state index in [1.165, 1.54) is 14.2 Å². The van der Waals surface area contributed by atoms with Gasteiger partial charge in [-0.1, -0.05) is 13.8 Å². The van der Waals surface area contributed by atoms with Crippen molar-refractivity contribution in [1.82, 2.24) is 10.3 Å². The summed E-state index contributed by atoms with van der Waals surface area (Å²) in [7, 11) is 2.51. The number of rotatable bonds is 8. The third kappa shape index (κ3) is 6.72. The van der Waals surface area contributed by atoms with Gasteiger partial charge in [0.1, 0.15) is 11.3 Å². The van der Waals surface area contributed by atoms with E-state index in [1.807, 2.05) is 13.8 Å². The van der Waals surface area contributed by atoms with Crippen molar-refractivity contribution in [3.8, 4) is 0 Å². The normalized spacial score (nSPS) is 16.2. The molecule has 1 amide bonds. The number of H-pyrrole nitrogens is 1. The first-order chi connectivity index (χ1) is 16.2. The smallest absolute Gasteiger partial charge is 0.355 e. The van der Waals surface area contributed by atoms with E-state index in [0.29, 0.717) is 28.1 Å². The third-order valence-electron chi connectivity index (χ3n) is 5.56. The molecule has 1 aromatic rings. The molecule has 10 nitrogen and oxygen atoms in total. The summed E-state index contributed by atoms with van der Waals surface area (Å²) in [6.45, 7) is 16.3. The van der Waals surface area contributed by atoms with Gasteiger partial charge >= 0.3 is 17.9 Å². The molecule has 1 saturated heterocycles. The number of methoxy groups -OCH3 is 2. The van der Waals surface area contributed by atoms with Crippen molar-refractivity contribution in [2.24, 2.45) is 5.41 Å². The number of hydrogen-bond donors (Lipinski definition) is 2. The molecule has 0 spiro atoms. The Morgan fingerprint density at radius 2 is 1.69 bits per heavy atom. The van der Waals surface area contributed by atoms with E-state index in [0.717, 1.165) is 0 Å². The van der Waals surface area contributed by atoms with Crippen LogP contribution in [0.2, 0.25) is 0 Å². The maximum atomic E-state index is 13.2. The van der Waals surface area contributed by atoms with Gasteiger partial charge in [0.2, 0.25) is 12.5 Å². The molecule has 0 aromatic carbocycles. The average Bonchev–Trinajstić information content (AvgIpc) is 3.24. The number of amides is 1. The molecule has 1 fully saturated rings. The SMILES string of the molecule is [C-]#[N+]C/C(=C1/NC(=O)CC1(C)C)c1[nH]c(C(=O)OC(C)(C)C)c(CCC(=O)OC)c1CC(=O)OC. The Balaban J connectivity index is 2.85. The van der Waals surface area contributed by atoms with E-state index in [9.17, 15) is 19.2 Å². The quantitative estimate of drug-likeness (QED) is 0.328. The molecule has 0 aliphatic carbocycles. The zero-order chi connectivity index (χ0) is 26.6. The lowest BCUT2D eigenvalue weighted by Crippen LogP contribution is -2.25. The Labute approximate surface area is 205 Å². The highest BCUT2D eigenvalue weighted by Crippen LogP contribution is 2.40. The van der Waals surface area contributed by atoms with Crippen LogP contribution < -0.4 is 5.32 Å². The second-order valence-electron chi connectivity index (χ2n) is 9.94. The van der Waals surface area contributed by atoms with Gasteiger partial charge in [0.15, 0.2) is 0 Å². The van der Waals surface area contributed by atoms with Crippen molar-refractivity contribution in [3.05, 3.63) is 39.6 Å². The molecule has 2 rings (SSSR count). The summed E-state index contributed by atoms with van der Waals surface area (Å²) in [5, 5.41) is 2.85. The van der Waals surface area contributed by atoms with Crippen LogP contribution >= 0.6 is 0 Å². The van der Waals surface area contributed by atoms with Gasteiger partial charge in [-0.05, 0) is 38.3 Å². The predicted molar refractivity (Wildman–Crippen MR) is 127 cm³/mol. The number of aromatic nitrogens is 1. The van der Waals surface area contributed by atoms with Crippen LogP contribution in [-0.4, -0.2) is 55.2 Å². The van der Waals surface area contributed by atoms with Crippen LogP contribution in [0.1, 0.15) is 74.8 Å². The summed E-state index contributed by atoms with van der Waals surface area (Å²) >= 11 is 0. The van der Waals surface area contributed by atoms with E-state index in [2.05, 4.69) is 15.1 Å². The number of ether oxygens (including phenoxy) is 3. The second-order valence-corrected chi connectivity index (χ2v) is 9.94. The summed E-state index contributed by atoms with van der Waals surface area (Å²) in [5.74, 6) is -1.92. The van der Waals surface area contributed by atoms with Gasteiger partial charge in [0, 0.05) is 24.0 Å². The molecule has 0 saturated carbocycles. The Morgan fingerprint density at radius 1 is 1.06 bits per heavy atom. The van der Waals surface area contributed by atoms with E-state index in [1.54, 1.807) is 20.8 Å². The van der Waals surface area contributed by atoms with Gasteiger partial charge in [-0.3, -0.25) is 14.4 Å². The van der Waals surface area contributed by atoms with Crippen molar-refractivity contribution in [3.63, 3.8) is 0 Å². The van der Waals surface area contributed by atoms with Crippen LogP contribution in [-0.2, 0) is 41.4 Å². The van der Waals surface area contributed by atoms with Crippen molar-refractivity contribution in [2.45, 2.75) is 65.9 Å². The molecule has 1 aromatic heterocycles. The molecule has 10 heteroatoms. The first-order valence-electron chi connectivity index (χ1n) is 11.2. The molecule has 1 aliphatic heterocycles. The second kappa shape index (κ2) is 10.8. The maximum absolute atomic E-state index is 13.2. The molecule has 190 valence electrons. The van der Waals surface area contributed by atoms with E-state index < -0.39 is 28.9 Å². The molecule has 0 unspecified atom stereocenters. The minimum absolute atomic E-state index is 0.0469. The highest BCUT2D eigenvalue weighted by atomic mass is 16.6. The average molecular weight is 488 g/mol.